The van der Waals surface area contributed by atoms with Crippen LogP contribution in [0.25, 0.3) is 230 Å². The third kappa shape index (κ3) is 12.6. The second-order valence-electron chi connectivity index (χ2n) is 37.0. The summed E-state index contributed by atoms with van der Waals surface area (Å²) in [5.74, 6) is 0. The monoisotopic (exact) mass is 1760 g/mol. The molecule has 0 saturated carbocycles. The third-order valence-electron chi connectivity index (χ3n) is 29.3. The van der Waals surface area contributed by atoms with Crippen molar-refractivity contribution in [2.75, 3.05) is 4.90 Å². The number of hydrogen-bond acceptors (Lipinski definition) is 3. The van der Waals surface area contributed by atoms with Crippen molar-refractivity contribution >= 4 is 148 Å². The predicted octanol–water partition coefficient (Wildman–Crippen LogP) is 38.3. The Bertz CT molecular complexity index is 9200. The SMILES string of the molecule is CC1(C)c2cc(N3c4ccccc4-c4ccccc4-c4cccc5cccc3c45)ccc2-c2cc3ccccc3cc21.c1ccc2c(c1)Sc1ccc(-c3c4ccccc4c(-c4ccc5ccccc5c4)c4ccccc34)c3cccc(c13)-c1ccccc1-2.c1ccc2c(c1)Sc1ccccc1-c1ccc(-c3c4ccccc4c(-c4ccc5ccccc5c4)c4ccccc34)c3cccc-2c13. The molecular weight excluding hydrogens is 1680 g/mol. The molecule has 25 aromatic carbocycles. The first-order valence-corrected chi connectivity index (χ1v) is 48.8. The van der Waals surface area contributed by atoms with Crippen LogP contribution in [0.4, 0.5) is 17.1 Å². The van der Waals surface area contributed by atoms with Gasteiger partial charge in [-0.05, 0) is 298 Å². The number of anilines is 3. The van der Waals surface area contributed by atoms with E-state index < -0.39 is 0 Å². The summed E-state index contributed by atoms with van der Waals surface area (Å²) in [7, 11) is 0. The fourth-order valence-electron chi connectivity index (χ4n) is 23.2. The summed E-state index contributed by atoms with van der Waals surface area (Å²) in [6.07, 6.45) is 0. The van der Waals surface area contributed by atoms with Crippen molar-refractivity contribution in [1.82, 2.24) is 0 Å². The highest BCUT2D eigenvalue weighted by Gasteiger charge is 2.38. The van der Waals surface area contributed by atoms with Crippen LogP contribution in [0.1, 0.15) is 25.0 Å². The Morgan fingerprint density at radius 2 is 0.485 bits per heavy atom. The van der Waals surface area contributed by atoms with Crippen LogP contribution in [-0.2, 0) is 5.41 Å². The summed E-state index contributed by atoms with van der Waals surface area (Å²) in [4.78, 5) is 7.66. The molecule has 0 atom stereocenters. The zero-order valence-corrected chi connectivity index (χ0v) is 76.5. The van der Waals surface area contributed by atoms with E-state index in [0.717, 1.165) is 0 Å². The number of hydrogen-bond donors (Lipinski definition) is 0. The summed E-state index contributed by atoms with van der Waals surface area (Å²) >= 11 is 3.75. The molecule has 1 nitrogen and oxygen atoms in total. The van der Waals surface area contributed by atoms with E-state index in [-0.39, 0.29) is 5.41 Å². The molecule has 0 spiro atoms. The van der Waals surface area contributed by atoms with Gasteiger partial charge in [0, 0.05) is 47.0 Å². The Hall–Kier alpha value is -16.4. The Morgan fingerprint density at radius 3 is 1.01 bits per heavy atom. The number of nitrogens with zero attached hydrogens (tertiary/aromatic N) is 1. The maximum atomic E-state index is 2.49. The second kappa shape index (κ2) is 31.9. The lowest BCUT2D eigenvalue weighted by Crippen LogP contribution is -2.17. The van der Waals surface area contributed by atoms with Gasteiger partial charge in [-0.2, -0.15) is 0 Å². The van der Waals surface area contributed by atoms with E-state index in [1.54, 1.807) is 0 Å². The molecule has 0 amide bonds. The molecular formula is C133H85NS2. The second-order valence-corrected chi connectivity index (χ2v) is 39.1. The van der Waals surface area contributed by atoms with Crippen LogP contribution in [0.5, 0.6) is 0 Å². The van der Waals surface area contributed by atoms with E-state index in [1.807, 2.05) is 23.5 Å². The Labute approximate surface area is 798 Å². The molecule has 0 aromatic heterocycles. The quantitative estimate of drug-likeness (QED) is 0.158. The minimum atomic E-state index is -0.108. The van der Waals surface area contributed by atoms with E-state index >= 15 is 0 Å². The van der Waals surface area contributed by atoms with Gasteiger partial charge in [0.05, 0.1) is 11.4 Å². The topological polar surface area (TPSA) is 3.24 Å². The zero-order chi connectivity index (χ0) is 89.8. The van der Waals surface area contributed by atoms with Crippen molar-refractivity contribution in [3.63, 3.8) is 0 Å². The fraction of sp³-hybridized carbons (Fsp3) is 0.0226. The lowest BCUT2D eigenvalue weighted by Gasteiger charge is -2.33. The van der Waals surface area contributed by atoms with E-state index in [4.69, 9.17) is 0 Å². The molecule has 136 heavy (non-hydrogen) atoms. The summed E-state index contributed by atoms with van der Waals surface area (Å²) in [6, 6.07) is 178. The van der Waals surface area contributed by atoms with Crippen LogP contribution >= 0.6 is 23.5 Å². The van der Waals surface area contributed by atoms with Crippen molar-refractivity contribution in [3.8, 4) is 122 Å². The van der Waals surface area contributed by atoms with Crippen molar-refractivity contribution in [1.29, 1.82) is 0 Å². The van der Waals surface area contributed by atoms with Crippen molar-refractivity contribution in [3.05, 3.63) is 490 Å². The van der Waals surface area contributed by atoms with Gasteiger partial charge < -0.3 is 4.90 Å². The first-order valence-electron chi connectivity index (χ1n) is 47.2. The molecule has 3 heteroatoms. The van der Waals surface area contributed by atoms with Crippen LogP contribution in [0, 0.1) is 0 Å². The lowest BCUT2D eigenvalue weighted by atomic mass is 9.81. The highest BCUT2D eigenvalue weighted by molar-refractivity contribution is 8.00. The van der Waals surface area contributed by atoms with Crippen LogP contribution in [0.2, 0.25) is 0 Å². The molecule has 0 radical (unpaired) electrons. The van der Waals surface area contributed by atoms with E-state index in [1.165, 1.54) is 278 Å². The van der Waals surface area contributed by atoms with Gasteiger partial charge in [-0.3, -0.25) is 0 Å². The van der Waals surface area contributed by atoms with Gasteiger partial charge in [-0.25, -0.2) is 0 Å². The Morgan fingerprint density at radius 1 is 0.169 bits per heavy atom. The predicted molar refractivity (Wildman–Crippen MR) is 583 cm³/mol. The summed E-state index contributed by atoms with van der Waals surface area (Å²) in [5, 5.41) is 25.6. The summed E-state index contributed by atoms with van der Waals surface area (Å²) in [5.41, 5.74) is 34.6. The third-order valence-corrected chi connectivity index (χ3v) is 31.6. The fourth-order valence-corrected chi connectivity index (χ4v) is 25.4. The molecule has 4 aliphatic rings. The first-order chi connectivity index (χ1) is 67.3. The van der Waals surface area contributed by atoms with Gasteiger partial charge >= 0.3 is 0 Å². The summed E-state index contributed by atoms with van der Waals surface area (Å²) in [6.45, 7) is 4.76. The maximum Gasteiger partial charge on any atom is 0.0546 e. The van der Waals surface area contributed by atoms with Gasteiger partial charge in [0.15, 0.2) is 0 Å². The normalized spacial score (nSPS) is 12.8. The number of fused-ring (bicyclic) bond motifs is 22. The molecule has 3 aliphatic heterocycles. The Kier molecular flexibility index (Phi) is 18.6. The van der Waals surface area contributed by atoms with E-state index in [9.17, 15) is 0 Å². The van der Waals surface area contributed by atoms with Crippen molar-refractivity contribution < 1.29 is 0 Å². The maximum absolute atomic E-state index is 2.49. The molecule has 0 unspecified atom stereocenters. The molecule has 0 bridgehead atoms. The van der Waals surface area contributed by atoms with E-state index in [2.05, 4.69) is 498 Å². The molecule has 25 aromatic rings. The van der Waals surface area contributed by atoms with Crippen molar-refractivity contribution in [2.45, 2.75) is 38.8 Å². The Balaban J connectivity index is 0.000000104. The summed E-state index contributed by atoms with van der Waals surface area (Å²) < 4.78 is 0. The van der Waals surface area contributed by atoms with Crippen molar-refractivity contribution in [2.24, 2.45) is 0 Å². The molecule has 29 rings (SSSR count). The van der Waals surface area contributed by atoms with Gasteiger partial charge in [0.1, 0.15) is 0 Å². The highest BCUT2D eigenvalue weighted by Crippen LogP contribution is 2.59. The molecule has 1 aliphatic carbocycles. The number of para-hydroxylation sites is 1. The molecule has 0 fully saturated rings. The molecule has 0 N–H and O–H groups in total. The van der Waals surface area contributed by atoms with Crippen LogP contribution < -0.4 is 4.90 Å². The van der Waals surface area contributed by atoms with E-state index in [0.29, 0.717) is 0 Å². The highest BCUT2D eigenvalue weighted by atomic mass is 32.2. The first kappa shape index (κ1) is 79.4. The van der Waals surface area contributed by atoms with Crippen LogP contribution in [-0.4, -0.2) is 0 Å². The number of rotatable bonds is 5. The van der Waals surface area contributed by atoms with Crippen LogP contribution in [0.15, 0.2) is 499 Å². The smallest absolute Gasteiger partial charge is 0.0546 e. The van der Waals surface area contributed by atoms with Gasteiger partial charge in [-0.15, -0.1) is 0 Å². The number of benzene rings is 25. The lowest BCUT2D eigenvalue weighted by molar-refractivity contribution is 0.661. The average molecular weight is 1760 g/mol. The average Bonchev–Trinajstić information content (AvgIpc) is 1.15. The van der Waals surface area contributed by atoms with Gasteiger partial charge in [0.2, 0.25) is 0 Å². The molecule has 0 saturated heterocycles. The van der Waals surface area contributed by atoms with Gasteiger partial charge in [-0.1, -0.05) is 444 Å². The van der Waals surface area contributed by atoms with Crippen LogP contribution in [0.3, 0.4) is 0 Å². The van der Waals surface area contributed by atoms with Gasteiger partial charge in [0.25, 0.3) is 0 Å². The minimum absolute atomic E-state index is 0.108. The minimum Gasteiger partial charge on any atom is -0.309 e. The molecule has 634 valence electrons. The standard InChI is InChI=1S/2C46H28S.C41H29N/c1-2-13-30-28-31(25-24-29(30)12-1)44-35-16-3-5-18-37(35)46(38-19-6-4-17-36(38)44)41-27-26-40-33-15-8-10-23-43(33)47-42-22-9-7-14-32(42)34-20-11-21-39(41)45(34)40;1-2-13-30-28-31(25-24-29(30)12-1)44-36-17-5-7-19-38(36)45(39-20-8-6-18-37(39)44)41-26-27-43-46-35(21-11-22-40(41)46)33-15-4-3-14-32(33)34-16-9-10-23-42(34)47-43;1-41(2)36-24-28-12-4-3-11-27(28)23-35(36)32-22-21-29(25-37(32)41)42-38-19-8-7-17-33(38)30-15-5-6-16-31(30)34-18-9-13-26-14-10-20-39(42)40(26)34/h2*1-28H;3-25H,1-2H3. The molecule has 3 heterocycles. The largest absolute Gasteiger partial charge is 0.309 e. The zero-order valence-electron chi connectivity index (χ0n) is 74.9.